The average molecular weight is 292 g/mol. The molecule has 0 bridgehead atoms. The Morgan fingerprint density at radius 1 is 1.38 bits per heavy atom. The molecular formula is C11H12BrF2NO. The number of amides is 1. The fourth-order valence-electron chi connectivity index (χ4n) is 1.20. The molecule has 1 aromatic rings. The lowest BCUT2D eigenvalue weighted by atomic mass is 10.1. The Labute approximate surface area is 101 Å². The van der Waals surface area contributed by atoms with Gasteiger partial charge < -0.3 is 5.32 Å². The first-order valence-electron chi connectivity index (χ1n) is 4.80. The minimum absolute atomic E-state index is 0.0221. The quantitative estimate of drug-likeness (QED) is 0.907. The van der Waals surface area contributed by atoms with E-state index in [-0.39, 0.29) is 23.1 Å². The highest BCUT2D eigenvalue weighted by Crippen LogP contribution is 2.28. The van der Waals surface area contributed by atoms with Crippen molar-refractivity contribution in [3.8, 4) is 0 Å². The van der Waals surface area contributed by atoms with Gasteiger partial charge in [0.2, 0.25) is 0 Å². The zero-order chi connectivity index (χ0) is 12.3. The number of benzene rings is 1. The van der Waals surface area contributed by atoms with E-state index in [4.69, 9.17) is 0 Å². The van der Waals surface area contributed by atoms with Gasteiger partial charge in [-0.1, -0.05) is 15.9 Å². The lowest BCUT2D eigenvalue weighted by molar-refractivity contribution is 0.0942. The van der Waals surface area contributed by atoms with Gasteiger partial charge in [0, 0.05) is 21.6 Å². The summed E-state index contributed by atoms with van der Waals surface area (Å²) in [5.41, 5.74) is 0.0728. The first-order chi connectivity index (χ1) is 7.41. The van der Waals surface area contributed by atoms with Gasteiger partial charge in [-0.2, -0.15) is 0 Å². The van der Waals surface area contributed by atoms with E-state index in [1.165, 1.54) is 18.2 Å². The standard InChI is InChI=1S/C11H12BrF2NO/c1-6(2)15-11(16)7-3-4-9(12)8(5-7)10(13)14/h3-6,10H,1-2H3,(H,15,16). The Kier molecular flexibility index (Phi) is 4.41. The van der Waals surface area contributed by atoms with Gasteiger partial charge in [-0.15, -0.1) is 0 Å². The van der Waals surface area contributed by atoms with Crippen LogP contribution in [0.2, 0.25) is 0 Å². The summed E-state index contributed by atoms with van der Waals surface area (Å²) in [6.45, 7) is 3.62. The van der Waals surface area contributed by atoms with Crippen molar-refractivity contribution in [2.45, 2.75) is 26.3 Å². The van der Waals surface area contributed by atoms with Crippen LogP contribution in [0, 0.1) is 0 Å². The van der Waals surface area contributed by atoms with Gasteiger partial charge in [-0.05, 0) is 32.0 Å². The molecule has 0 atom stereocenters. The maximum Gasteiger partial charge on any atom is 0.264 e. The Morgan fingerprint density at radius 3 is 2.50 bits per heavy atom. The number of alkyl halides is 2. The molecule has 1 aromatic carbocycles. The molecule has 0 aliphatic carbocycles. The van der Waals surface area contributed by atoms with Crippen molar-refractivity contribution in [1.29, 1.82) is 0 Å². The third kappa shape index (κ3) is 3.27. The summed E-state index contributed by atoms with van der Waals surface area (Å²) in [4.78, 5) is 11.6. The van der Waals surface area contributed by atoms with Crippen molar-refractivity contribution in [2.75, 3.05) is 0 Å². The third-order valence-corrected chi connectivity index (χ3v) is 2.64. The number of carbonyl (C=O) groups is 1. The van der Waals surface area contributed by atoms with Crippen LogP contribution in [0.15, 0.2) is 22.7 Å². The van der Waals surface area contributed by atoms with Crippen LogP contribution in [0.3, 0.4) is 0 Å². The summed E-state index contributed by atoms with van der Waals surface area (Å²) in [6, 6.07) is 4.14. The van der Waals surface area contributed by atoms with Crippen LogP contribution in [-0.4, -0.2) is 11.9 Å². The number of carbonyl (C=O) groups excluding carboxylic acids is 1. The number of halogens is 3. The zero-order valence-corrected chi connectivity index (χ0v) is 10.5. The highest BCUT2D eigenvalue weighted by molar-refractivity contribution is 9.10. The molecule has 0 aromatic heterocycles. The predicted octanol–water partition coefficient (Wildman–Crippen LogP) is 3.52. The Bertz CT molecular complexity index is 394. The van der Waals surface area contributed by atoms with E-state index in [9.17, 15) is 13.6 Å². The summed E-state index contributed by atoms with van der Waals surface area (Å²) in [6.07, 6.45) is -2.60. The first kappa shape index (κ1) is 13.1. The average Bonchev–Trinajstić information content (AvgIpc) is 2.16. The molecular weight excluding hydrogens is 280 g/mol. The molecule has 1 rings (SSSR count). The first-order valence-corrected chi connectivity index (χ1v) is 5.59. The molecule has 0 saturated carbocycles. The van der Waals surface area contributed by atoms with Gasteiger partial charge in [0.1, 0.15) is 0 Å². The molecule has 0 spiro atoms. The van der Waals surface area contributed by atoms with Crippen LogP contribution in [0.1, 0.15) is 36.2 Å². The van der Waals surface area contributed by atoms with Gasteiger partial charge in [-0.25, -0.2) is 8.78 Å². The topological polar surface area (TPSA) is 29.1 Å². The monoisotopic (exact) mass is 291 g/mol. The van der Waals surface area contributed by atoms with Crippen LogP contribution in [-0.2, 0) is 0 Å². The maximum absolute atomic E-state index is 12.6. The summed E-state index contributed by atoms with van der Waals surface area (Å²) < 4.78 is 25.5. The summed E-state index contributed by atoms with van der Waals surface area (Å²) in [5.74, 6) is -0.343. The van der Waals surface area contributed by atoms with Crippen LogP contribution >= 0.6 is 15.9 Å². The minimum Gasteiger partial charge on any atom is -0.350 e. The van der Waals surface area contributed by atoms with Crippen molar-refractivity contribution >= 4 is 21.8 Å². The molecule has 2 nitrogen and oxygen atoms in total. The van der Waals surface area contributed by atoms with E-state index in [1.54, 1.807) is 0 Å². The Hall–Kier alpha value is -0.970. The van der Waals surface area contributed by atoms with Crippen molar-refractivity contribution in [3.05, 3.63) is 33.8 Å². The van der Waals surface area contributed by atoms with Gasteiger partial charge in [0.15, 0.2) is 0 Å². The van der Waals surface area contributed by atoms with Crippen molar-refractivity contribution < 1.29 is 13.6 Å². The minimum atomic E-state index is -2.60. The predicted molar refractivity (Wildman–Crippen MR) is 61.7 cm³/mol. The van der Waals surface area contributed by atoms with Gasteiger partial charge in [0.05, 0.1) is 0 Å². The lowest BCUT2D eigenvalue weighted by Crippen LogP contribution is -2.30. The highest BCUT2D eigenvalue weighted by Gasteiger charge is 2.15. The summed E-state index contributed by atoms with van der Waals surface area (Å²) in [5, 5.41) is 2.65. The molecule has 0 unspecified atom stereocenters. The van der Waals surface area contributed by atoms with E-state index >= 15 is 0 Å². The van der Waals surface area contributed by atoms with Gasteiger partial charge in [0.25, 0.3) is 12.3 Å². The second-order valence-electron chi connectivity index (χ2n) is 3.67. The second-order valence-corrected chi connectivity index (χ2v) is 4.52. The van der Waals surface area contributed by atoms with E-state index in [0.717, 1.165) is 0 Å². The molecule has 0 aliphatic heterocycles. The van der Waals surface area contributed by atoms with E-state index in [1.807, 2.05) is 13.8 Å². The molecule has 88 valence electrons. The summed E-state index contributed by atoms with van der Waals surface area (Å²) >= 11 is 3.02. The fraction of sp³-hybridized carbons (Fsp3) is 0.364. The molecule has 0 aliphatic rings. The summed E-state index contributed by atoms with van der Waals surface area (Å²) in [7, 11) is 0. The SMILES string of the molecule is CC(C)NC(=O)c1ccc(Br)c(C(F)F)c1. The highest BCUT2D eigenvalue weighted by atomic mass is 79.9. The van der Waals surface area contributed by atoms with Crippen molar-refractivity contribution in [2.24, 2.45) is 0 Å². The van der Waals surface area contributed by atoms with Gasteiger partial charge in [-0.3, -0.25) is 4.79 Å². The molecule has 0 saturated heterocycles. The smallest absolute Gasteiger partial charge is 0.264 e. The Morgan fingerprint density at radius 2 is 2.00 bits per heavy atom. The molecule has 1 N–H and O–H groups in total. The number of hydrogen-bond donors (Lipinski definition) is 1. The largest absolute Gasteiger partial charge is 0.350 e. The second kappa shape index (κ2) is 5.39. The molecule has 16 heavy (non-hydrogen) atoms. The molecule has 0 heterocycles. The van der Waals surface area contributed by atoms with Crippen LogP contribution < -0.4 is 5.32 Å². The van der Waals surface area contributed by atoms with Crippen molar-refractivity contribution in [1.82, 2.24) is 5.32 Å². The van der Waals surface area contributed by atoms with Crippen LogP contribution in [0.5, 0.6) is 0 Å². The van der Waals surface area contributed by atoms with E-state index in [0.29, 0.717) is 4.47 Å². The number of hydrogen-bond acceptors (Lipinski definition) is 1. The Balaban J connectivity index is 2.98. The molecule has 0 radical (unpaired) electrons. The maximum atomic E-state index is 12.6. The van der Waals surface area contributed by atoms with Crippen LogP contribution in [0.25, 0.3) is 0 Å². The van der Waals surface area contributed by atoms with E-state index < -0.39 is 6.43 Å². The third-order valence-electron chi connectivity index (χ3n) is 1.91. The number of nitrogens with one attached hydrogen (secondary N) is 1. The van der Waals surface area contributed by atoms with Crippen LogP contribution in [0.4, 0.5) is 8.78 Å². The zero-order valence-electron chi connectivity index (χ0n) is 8.93. The van der Waals surface area contributed by atoms with E-state index in [2.05, 4.69) is 21.2 Å². The lowest BCUT2D eigenvalue weighted by Gasteiger charge is -2.10. The fourth-order valence-corrected chi connectivity index (χ4v) is 1.62. The van der Waals surface area contributed by atoms with Gasteiger partial charge >= 0.3 is 0 Å². The molecule has 5 heteroatoms. The normalized spacial score (nSPS) is 10.9. The molecule has 0 fully saturated rings. The van der Waals surface area contributed by atoms with Crippen molar-refractivity contribution in [3.63, 3.8) is 0 Å². The molecule has 1 amide bonds. The number of rotatable bonds is 3.